The van der Waals surface area contributed by atoms with Crippen molar-refractivity contribution in [3.8, 4) is 0 Å². The number of halogens is 1. The lowest BCUT2D eigenvalue weighted by molar-refractivity contribution is 0.0572. The van der Waals surface area contributed by atoms with Crippen LogP contribution < -0.4 is 0 Å². The Morgan fingerprint density at radius 1 is 1.33 bits per heavy atom. The highest BCUT2D eigenvalue weighted by molar-refractivity contribution is 7.89. The first-order valence-corrected chi connectivity index (χ1v) is 7.45. The van der Waals surface area contributed by atoms with Gasteiger partial charge < -0.3 is 14.9 Å². The lowest BCUT2D eigenvalue weighted by Gasteiger charge is -2.17. The molecule has 1 saturated heterocycles. The van der Waals surface area contributed by atoms with Crippen LogP contribution in [0, 0.1) is 5.82 Å². The third-order valence-electron chi connectivity index (χ3n) is 3.19. The van der Waals surface area contributed by atoms with E-state index in [1.54, 1.807) is 0 Å². The molecule has 2 N–H and O–H groups in total. The van der Waals surface area contributed by atoms with Gasteiger partial charge in [0.15, 0.2) is 0 Å². The van der Waals surface area contributed by atoms with E-state index in [0.29, 0.717) is 6.07 Å². The van der Waals surface area contributed by atoms with Gasteiger partial charge in [-0.2, -0.15) is 4.31 Å². The van der Waals surface area contributed by atoms with Gasteiger partial charge in [0, 0.05) is 13.1 Å². The van der Waals surface area contributed by atoms with Crippen molar-refractivity contribution in [1.82, 2.24) is 4.31 Å². The molecule has 2 atom stereocenters. The van der Waals surface area contributed by atoms with Crippen molar-refractivity contribution in [2.75, 3.05) is 20.2 Å². The van der Waals surface area contributed by atoms with Crippen molar-refractivity contribution >= 4 is 16.0 Å². The zero-order chi connectivity index (χ0) is 15.8. The Morgan fingerprint density at radius 3 is 2.43 bits per heavy atom. The third kappa shape index (κ3) is 2.91. The summed E-state index contributed by atoms with van der Waals surface area (Å²) in [5.74, 6) is -1.75. The van der Waals surface area contributed by atoms with E-state index < -0.39 is 38.9 Å². The smallest absolute Gasteiger partial charge is 0.339 e. The number of carbonyl (C=O) groups excluding carboxylic acids is 1. The van der Waals surface area contributed by atoms with E-state index in [9.17, 15) is 27.8 Å². The Bertz CT molecular complexity index is 652. The van der Waals surface area contributed by atoms with Gasteiger partial charge in [-0.3, -0.25) is 0 Å². The number of aliphatic hydroxyl groups excluding tert-OH is 2. The van der Waals surface area contributed by atoms with Crippen LogP contribution in [0.4, 0.5) is 4.39 Å². The average molecular weight is 319 g/mol. The van der Waals surface area contributed by atoms with Gasteiger partial charge in [0.25, 0.3) is 0 Å². The van der Waals surface area contributed by atoms with Crippen molar-refractivity contribution in [2.24, 2.45) is 0 Å². The Balaban J connectivity index is 2.49. The number of benzene rings is 1. The maximum Gasteiger partial charge on any atom is 0.339 e. The van der Waals surface area contributed by atoms with Crippen LogP contribution in [-0.2, 0) is 14.8 Å². The van der Waals surface area contributed by atoms with Gasteiger partial charge in [0.05, 0.1) is 29.8 Å². The molecule has 1 aliphatic heterocycles. The second kappa shape index (κ2) is 5.68. The van der Waals surface area contributed by atoms with Gasteiger partial charge in [-0.05, 0) is 18.2 Å². The molecule has 0 amide bonds. The number of methoxy groups -OCH3 is 1. The van der Waals surface area contributed by atoms with Crippen molar-refractivity contribution in [3.63, 3.8) is 0 Å². The number of hydrogen-bond acceptors (Lipinski definition) is 6. The number of esters is 1. The van der Waals surface area contributed by atoms with E-state index in [1.165, 1.54) is 0 Å². The zero-order valence-electron chi connectivity index (χ0n) is 11.1. The summed E-state index contributed by atoms with van der Waals surface area (Å²) in [6, 6.07) is 2.66. The Labute approximate surface area is 120 Å². The zero-order valence-corrected chi connectivity index (χ0v) is 11.9. The highest BCUT2D eigenvalue weighted by Gasteiger charge is 2.39. The molecule has 1 fully saturated rings. The summed E-state index contributed by atoms with van der Waals surface area (Å²) in [6.45, 7) is -0.665. The Morgan fingerprint density at radius 2 is 1.90 bits per heavy atom. The quantitative estimate of drug-likeness (QED) is 0.717. The van der Waals surface area contributed by atoms with Crippen molar-refractivity contribution in [3.05, 3.63) is 29.6 Å². The lowest BCUT2D eigenvalue weighted by atomic mass is 10.2. The molecule has 116 valence electrons. The Kier molecular flexibility index (Phi) is 4.28. The number of nitrogens with zero attached hydrogens (tertiary/aromatic N) is 1. The van der Waals surface area contributed by atoms with Gasteiger partial charge >= 0.3 is 5.97 Å². The van der Waals surface area contributed by atoms with Gasteiger partial charge in [0.1, 0.15) is 5.82 Å². The van der Waals surface area contributed by atoms with E-state index in [-0.39, 0.29) is 18.7 Å². The number of sulfonamides is 1. The van der Waals surface area contributed by atoms with Crippen molar-refractivity contribution in [1.29, 1.82) is 0 Å². The van der Waals surface area contributed by atoms with Crippen molar-refractivity contribution in [2.45, 2.75) is 17.1 Å². The minimum absolute atomic E-state index is 0.310. The molecule has 0 aromatic heterocycles. The standard InChI is InChI=1S/C12H14FNO6S/c1-20-12(17)8-3-2-7(13)4-11(8)21(18,19)14-5-9(15)10(16)6-14/h2-4,9-10,15-16H,5-6H2,1H3. The first-order chi connectivity index (χ1) is 9.77. The monoisotopic (exact) mass is 319 g/mol. The van der Waals surface area contributed by atoms with E-state index >= 15 is 0 Å². The molecule has 9 heteroatoms. The first kappa shape index (κ1) is 15.8. The predicted octanol–water partition coefficient (Wildman–Crippen LogP) is -0.662. The minimum Gasteiger partial charge on any atom is -0.465 e. The average Bonchev–Trinajstić information content (AvgIpc) is 2.78. The summed E-state index contributed by atoms with van der Waals surface area (Å²) in [5.41, 5.74) is -0.310. The first-order valence-electron chi connectivity index (χ1n) is 6.01. The lowest BCUT2D eigenvalue weighted by Crippen LogP contribution is -2.31. The molecule has 0 spiro atoms. The summed E-state index contributed by atoms with van der Waals surface area (Å²) in [6.07, 6.45) is -2.45. The molecular formula is C12H14FNO6S. The van der Waals surface area contributed by atoms with Crippen LogP contribution in [0.1, 0.15) is 10.4 Å². The van der Waals surface area contributed by atoms with Crippen molar-refractivity contribution < 1.29 is 32.6 Å². The van der Waals surface area contributed by atoms with Crippen LogP contribution >= 0.6 is 0 Å². The van der Waals surface area contributed by atoms with E-state index in [0.717, 1.165) is 23.5 Å². The van der Waals surface area contributed by atoms with Crippen LogP contribution in [0.2, 0.25) is 0 Å². The number of rotatable bonds is 3. The highest BCUT2D eigenvalue weighted by atomic mass is 32.2. The number of carbonyl (C=O) groups is 1. The van der Waals surface area contributed by atoms with E-state index in [2.05, 4.69) is 4.74 Å². The summed E-state index contributed by atoms with van der Waals surface area (Å²) in [7, 11) is -3.17. The molecule has 2 rings (SSSR count). The molecule has 1 aliphatic rings. The highest BCUT2D eigenvalue weighted by Crippen LogP contribution is 2.25. The summed E-state index contributed by atoms with van der Waals surface area (Å²) in [4.78, 5) is 11.0. The van der Waals surface area contributed by atoms with Crippen LogP contribution in [-0.4, -0.2) is 61.3 Å². The fourth-order valence-corrected chi connectivity index (χ4v) is 3.73. The van der Waals surface area contributed by atoms with E-state index in [4.69, 9.17) is 0 Å². The van der Waals surface area contributed by atoms with Crippen LogP contribution in [0.25, 0.3) is 0 Å². The molecule has 0 radical (unpaired) electrons. The van der Waals surface area contributed by atoms with Crippen LogP contribution in [0.15, 0.2) is 23.1 Å². The largest absolute Gasteiger partial charge is 0.465 e. The third-order valence-corrected chi connectivity index (χ3v) is 5.06. The summed E-state index contributed by atoms with van der Waals surface area (Å²) in [5, 5.41) is 18.9. The molecule has 1 aromatic carbocycles. The number of ether oxygens (including phenoxy) is 1. The number of aliphatic hydroxyl groups is 2. The predicted molar refractivity (Wildman–Crippen MR) is 68.5 cm³/mol. The number of hydrogen-bond donors (Lipinski definition) is 2. The maximum atomic E-state index is 13.4. The van der Waals surface area contributed by atoms with Crippen LogP contribution in [0.5, 0.6) is 0 Å². The molecule has 0 bridgehead atoms. The summed E-state index contributed by atoms with van der Waals surface area (Å²) >= 11 is 0. The van der Waals surface area contributed by atoms with Gasteiger partial charge in [-0.15, -0.1) is 0 Å². The SMILES string of the molecule is COC(=O)c1ccc(F)cc1S(=O)(=O)N1CC(O)C(O)C1. The van der Waals surface area contributed by atoms with Gasteiger partial charge in [-0.1, -0.05) is 0 Å². The molecule has 0 saturated carbocycles. The maximum absolute atomic E-state index is 13.4. The topological polar surface area (TPSA) is 104 Å². The number of β-amino-alcohol motifs (C(OH)–C–C–N with tert-alkyl or cyclic N) is 2. The minimum atomic E-state index is -4.24. The molecule has 7 nitrogen and oxygen atoms in total. The van der Waals surface area contributed by atoms with Gasteiger partial charge in [-0.25, -0.2) is 17.6 Å². The molecule has 1 aromatic rings. The van der Waals surface area contributed by atoms with Crippen LogP contribution in [0.3, 0.4) is 0 Å². The molecule has 1 heterocycles. The second-order valence-corrected chi connectivity index (χ2v) is 6.50. The van der Waals surface area contributed by atoms with E-state index in [1.807, 2.05) is 0 Å². The van der Waals surface area contributed by atoms with Gasteiger partial charge in [0.2, 0.25) is 10.0 Å². The molecule has 2 unspecified atom stereocenters. The molecular weight excluding hydrogens is 305 g/mol. The fourth-order valence-electron chi connectivity index (χ4n) is 2.06. The molecule has 21 heavy (non-hydrogen) atoms. The molecule has 0 aliphatic carbocycles. The fraction of sp³-hybridized carbons (Fsp3) is 0.417. The Hall–Kier alpha value is -1.55. The second-order valence-electron chi connectivity index (χ2n) is 4.59. The normalized spacial score (nSPS) is 23.2. The summed E-state index contributed by atoms with van der Waals surface area (Å²) < 4.78 is 43.5.